The Bertz CT molecular complexity index is 309. The average molecular weight is 185 g/mol. The normalized spacial score (nSPS) is 12.8. The van der Waals surface area contributed by atoms with E-state index in [9.17, 15) is 13.9 Å². The fourth-order valence-electron chi connectivity index (χ4n) is 0.949. The largest absolute Gasteiger partial charge is 0.768 e. The first-order valence-corrected chi connectivity index (χ1v) is 4.63. The van der Waals surface area contributed by atoms with Crippen molar-refractivity contribution < 1.29 is 13.9 Å². The third kappa shape index (κ3) is 1.84. The molecule has 0 aliphatic heterocycles. The second-order valence-corrected chi connectivity index (χ2v) is 3.32. The van der Waals surface area contributed by atoms with Gasteiger partial charge in [-0.25, -0.2) is 0 Å². The fraction of sp³-hybridized carbons (Fsp3) is 0.250. The minimum Gasteiger partial charge on any atom is -0.768 e. The Morgan fingerprint density at radius 2 is 2.25 bits per heavy atom. The van der Waals surface area contributed by atoms with Crippen molar-refractivity contribution in [3.63, 3.8) is 0 Å². The molecule has 0 bridgehead atoms. The van der Waals surface area contributed by atoms with Crippen molar-refractivity contribution in [3.05, 3.63) is 23.8 Å². The average Bonchev–Trinajstić information content (AvgIpc) is 2.05. The van der Waals surface area contributed by atoms with Crippen molar-refractivity contribution in [3.8, 4) is 5.75 Å². The number of phenols is 1. The van der Waals surface area contributed by atoms with Gasteiger partial charge in [0.15, 0.2) is 0 Å². The predicted octanol–water partition coefficient (Wildman–Crippen LogP) is 1.19. The molecule has 1 unspecified atom stereocenters. The van der Waals surface area contributed by atoms with Crippen LogP contribution in [0.1, 0.15) is 12.5 Å². The molecular formula is C8H9O3S-. The zero-order chi connectivity index (χ0) is 9.14. The zero-order valence-corrected chi connectivity index (χ0v) is 7.43. The summed E-state index contributed by atoms with van der Waals surface area (Å²) < 4.78 is 21.0. The lowest BCUT2D eigenvalue weighted by molar-refractivity contribution is 0.468. The maximum absolute atomic E-state index is 10.5. The molecular weight excluding hydrogens is 176 g/mol. The van der Waals surface area contributed by atoms with Crippen molar-refractivity contribution in [1.82, 2.24) is 0 Å². The SMILES string of the molecule is CCc1cc(S(=O)[O-])ccc1O. The number of hydrogen-bond donors (Lipinski definition) is 1. The quantitative estimate of drug-likeness (QED) is 0.704. The Hall–Kier alpha value is -0.870. The van der Waals surface area contributed by atoms with E-state index in [0.29, 0.717) is 12.0 Å². The second-order valence-electron chi connectivity index (χ2n) is 2.38. The lowest BCUT2D eigenvalue weighted by Crippen LogP contribution is -1.90. The highest BCUT2D eigenvalue weighted by molar-refractivity contribution is 7.79. The van der Waals surface area contributed by atoms with E-state index in [1.165, 1.54) is 18.2 Å². The van der Waals surface area contributed by atoms with E-state index in [0.717, 1.165) is 0 Å². The van der Waals surface area contributed by atoms with Crippen molar-refractivity contribution >= 4 is 11.1 Å². The summed E-state index contributed by atoms with van der Waals surface area (Å²) in [7, 11) is 0. The van der Waals surface area contributed by atoms with E-state index >= 15 is 0 Å². The van der Waals surface area contributed by atoms with E-state index in [1.54, 1.807) is 0 Å². The lowest BCUT2D eigenvalue weighted by atomic mass is 10.1. The Labute approximate surface area is 73.3 Å². The number of benzene rings is 1. The smallest absolute Gasteiger partial charge is 0.118 e. The Morgan fingerprint density at radius 3 is 2.75 bits per heavy atom. The van der Waals surface area contributed by atoms with Gasteiger partial charge in [0.25, 0.3) is 0 Å². The standard InChI is InChI=1S/C8H10O3S/c1-2-6-5-7(12(10)11)3-4-8(6)9/h3-5,9H,2H2,1H3,(H,10,11)/p-1. The van der Waals surface area contributed by atoms with Gasteiger partial charge in [-0.15, -0.1) is 0 Å². The molecule has 1 aromatic carbocycles. The van der Waals surface area contributed by atoms with Gasteiger partial charge in [-0.1, -0.05) is 6.92 Å². The molecule has 0 radical (unpaired) electrons. The van der Waals surface area contributed by atoms with Crippen LogP contribution in [0.4, 0.5) is 0 Å². The molecule has 3 nitrogen and oxygen atoms in total. The van der Waals surface area contributed by atoms with E-state index in [-0.39, 0.29) is 10.6 Å². The van der Waals surface area contributed by atoms with Crippen molar-refractivity contribution in [2.24, 2.45) is 0 Å². The molecule has 1 rings (SSSR count). The highest BCUT2D eigenvalue weighted by atomic mass is 32.2. The Kier molecular flexibility index (Phi) is 2.83. The van der Waals surface area contributed by atoms with Crippen LogP contribution in [-0.4, -0.2) is 13.9 Å². The summed E-state index contributed by atoms with van der Waals surface area (Å²) in [5.41, 5.74) is 0.650. The van der Waals surface area contributed by atoms with Gasteiger partial charge in [0.05, 0.1) is 0 Å². The Balaban J connectivity index is 3.13. The summed E-state index contributed by atoms with van der Waals surface area (Å²) in [5, 5.41) is 9.22. The van der Waals surface area contributed by atoms with E-state index < -0.39 is 11.1 Å². The van der Waals surface area contributed by atoms with Crippen molar-refractivity contribution in [2.45, 2.75) is 18.2 Å². The molecule has 0 spiro atoms. The predicted molar refractivity (Wildman–Crippen MR) is 44.7 cm³/mol. The highest BCUT2D eigenvalue weighted by Crippen LogP contribution is 2.20. The first-order chi connectivity index (χ1) is 5.65. The Morgan fingerprint density at radius 1 is 1.58 bits per heavy atom. The van der Waals surface area contributed by atoms with E-state index in [2.05, 4.69) is 0 Å². The van der Waals surface area contributed by atoms with Crippen LogP contribution in [0.15, 0.2) is 23.1 Å². The van der Waals surface area contributed by atoms with Crippen LogP contribution < -0.4 is 0 Å². The first-order valence-electron chi connectivity index (χ1n) is 3.56. The number of rotatable bonds is 2. The number of hydrogen-bond acceptors (Lipinski definition) is 3. The molecule has 0 aliphatic rings. The van der Waals surface area contributed by atoms with Gasteiger partial charge < -0.3 is 9.66 Å². The molecule has 4 heteroatoms. The second kappa shape index (κ2) is 3.69. The van der Waals surface area contributed by atoms with Crippen molar-refractivity contribution in [1.29, 1.82) is 0 Å². The molecule has 1 atom stereocenters. The maximum atomic E-state index is 10.5. The molecule has 12 heavy (non-hydrogen) atoms. The summed E-state index contributed by atoms with van der Waals surface area (Å²) in [4.78, 5) is 0.213. The topological polar surface area (TPSA) is 60.4 Å². The van der Waals surface area contributed by atoms with Gasteiger partial charge in [0.1, 0.15) is 5.75 Å². The molecule has 0 aliphatic carbocycles. The van der Waals surface area contributed by atoms with Crippen LogP contribution in [0, 0.1) is 0 Å². The summed E-state index contributed by atoms with van der Waals surface area (Å²) in [6.45, 7) is 1.85. The number of aromatic hydroxyl groups is 1. The van der Waals surface area contributed by atoms with Gasteiger partial charge >= 0.3 is 0 Å². The summed E-state index contributed by atoms with van der Waals surface area (Å²) in [5.74, 6) is 0.145. The van der Waals surface area contributed by atoms with Gasteiger partial charge in [-0.2, -0.15) is 0 Å². The monoisotopic (exact) mass is 185 g/mol. The van der Waals surface area contributed by atoms with Crippen LogP contribution in [0.3, 0.4) is 0 Å². The van der Waals surface area contributed by atoms with Crippen LogP contribution in [0.2, 0.25) is 0 Å². The maximum Gasteiger partial charge on any atom is 0.118 e. The number of phenolic OH excluding ortho intramolecular Hbond substituents is 1. The molecule has 0 saturated heterocycles. The summed E-state index contributed by atoms with van der Waals surface area (Å²) in [6, 6.07) is 4.24. The molecule has 66 valence electrons. The van der Waals surface area contributed by atoms with Crippen LogP contribution in [0.25, 0.3) is 0 Å². The zero-order valence-electron chi connectivity index (χ0n) is 6.61. The van der Waals surface area contributed by atoms with Gasteiger partial charge in [0.2, 0.25) is 0 Å². The molecule has 0 aromatic heterocycles. The molecule has 0 amide bonds. The summed E-state index contributed by atoms with van der Waals surface area (Å²) in [6.07, 6.45) is 0.622. The third-order valence-corrected chi connectivity index (χ3v) is 2.26. The highest BCUT2D eigenvalue weighted by Gasteiger charge is 2.00. The lowest BCUT2D eigenvalue weighted by Gasteiger charge is -2.07. The summed E-state index contributed by atoms with van der Waals surface area (Å²) >= 11 is -2.21. The van der Waals surface area contributed by atoms with Crippen LogP contribution in [0.5, 0.6) is 5.75 Å². The molecule has 0 heterocycles. The fourth-order valence-corrected chi connectivity index (χ4v) is 1.37. The third-order valence-electron chi connectivity index (χ3n) is 1.62. The van der Waals surface area contributed by atoms with Crippen molar-refractivity contribution in [2.75, 3.05) is 0 Å². The molecule has 1 aromatic rings. The molecule has 0 fully saturated rings. The molecule has 0 saturated carbocycles. The first kappa shape index (κ1) is 9.22. The minimum absolute atomic E-state index is 0.145. The number of aryl methyl sites for hydroxylation is 1. The van der Waals surface area contributed by atoms with Gasteiger partial charge in [-0.3, -0.25) is 4.21 Å². The van der Waals surface area contributed by atoms with Gasteiger partial charge in [0, 0.05) is 4.90 Å². The van der Waals surface area contributed by atoms with Crippen LogP contribution >= 0.6 is 0 Å². The van der Waals surface area contributed by atoms with Gasteiger partial charge in [-0.05, 0) is 41.3 Å². The van der Waals surface area contributed by atoms with E-state index in [4.69, 9.17) is 0 Å². The van der Waals surface area contributed by atoms with E-state index in [1.807, 2.05) is 6.92 Å². The van der Waals surface area contributed by atoms with Crippen LogP contribution in [-0.2, 0) is 17.5 Å². The minimum atomic E-state index is -2.21. The molecule has 1 N–H and O–H groups in total.